The fraction of sp³-hybridized carbons (Fsp3) is 0. The standard InChI is InChI=1S/C12H10S6/c1-3-7-11(8-4-1)13-15-17-18-16-14-12-9-5-2-6-10-12/h1-10H. The van der Waals surface area contributed by atoms with Crippen LogP contribution in [0.2, 0.25) is 0 Å². The Bertz CT molecular complexity index is 389. The molecule has 0 unspecified atom stereocenters. The molecule has 0 aliphatic carbocycles. The molecule has 2 aromatic carbocycles. The van der Waals surface area contributed by atoms with Gasteiger partial charge in [0.25, 0.3) is 0 Å². The minimum atomic E-state index is 1.30. The van der Waals surface area contributed by atoms with Crippen molar-refractivity contribution in [3.63, 3.8) is 0 Å². The van der Waals surface area contributed by atoms with Crippen LogP contribution < -0.4 is 0 Å². The van der Waals surface area contributed by atoms with Crippen LogP contribution in [0.5, 0.6) is 0 Å². The van der Waals surface area contributed by atoms with Gasteiger partial charge in [-0.25, -0.2) is 0 Å². The molecule has 18 heavy (non-hydrogen) atoms. The highest BCUT2D eigenvalue weighted by Gasteiger charge is 1.97. The average Bonchev–Trinajstić information content (AvgIpc) is 2.45. The average molecular weight is 347 g/mol. The van der Waals surface area contributed by atoms with Gasteiger partial charge in [0.15, 0.2) is 0 Å². The van der Waals surface area contributed by atoms with Gasteiger partial charge in [0.1, 0.15) is 0 Å². The lowest BCUT2D eigenvalue weighted by Gasteiger charge is -1.99. The Morgan fingerprint density at radius 1 is 0.444 bits per heavy atom. The van der Waals surface area contributed by atoms with Crippen LogP contribution in [0.1, 0.15) is 0 Å². The molecule has 6 heteroatoms. The van der Waals surface area contributed by atoms with Gasteiger partial charge in [0.05, 0.1) is 0 Å². The van der Waals surface area contributed by atoms with Crippen LogP contribution in [-0.4, -0.2) is 0 Å². The Morgan fingerprint density at radius 3 is 1.22 bits per heavy atom. The Kier molecular flexibility index (Phi) is 7.84. The second kappa shape index (κ2) is 9.44. The molecule has 0 saturated heterocycles. The van der Waals surface area contributed by atoms with Crippen molar-refractivity contribution >= 4 is 60.9 Å². The molecule has 0 amide bonds. The van der Waals surface area contributed by atoms with E-state index in [1.165, 1.54) is 9.79 Å². The van der Waals surface area contributed by atoms with Gasteiger partial charge in [-0.15, -0.1) is 0 Å². The monoisotopic (exact) mass is 346 g/mol. The zero-order valence-electron chi connectivity index (χ0n) is 9.22. The van der Waals surface area contributed by atoms with Gasteiger partial charge in [-0.1, -0.05) is 36.4 Å². The van der Waals surface area contributed by atoms with E-state index in [9.17, 15) is 0 Å². The van der Waals surface area contributed by atoms with E-state index >= 15 is 0 Å². The maximum atomic E-state index is 2.13. The Balaban J connectivity index is 1.54. The molecule has 0 nitrogen and oxygen atoms in total. The van der Waals surface area contributed by atoms with Crippen molar-refractivity contribution in [2.24, 2.45) is 0 Å². The minimum absolute atomic E-state index is 1.30. The smallest absolute Gasteiger partial charge is 0.0191 e. The van der Waals surface area contributed by atoms with Gasteiger partial charge >= 0.3 is 0 Å². The molecular weight excluding hydrogens is 337 g/mol. The van der Waals surface area contributed by atoms with E-state index in [0.717, 1.165) is 0 Å². The lowest BCUT2D eigenvalue weighted by molar-refractivity contribution is 1.48. The molecule has 0 aromatic heterocycles. The number of rotatable bonds is 7. The van der Waals surface area contributed by atoms with Crippen LogP contribution in [0.3, 0.4) is 0 Å². The number of benzene rings is 2. The summed E-state index contributed by atoms with van der Waals surface area (Å²) >= 11 is 0. The van der Waals surface area contributed by atoms with Crippen LogP contribution >= 0.6 is 60.9 Å². The first-order chi connectivity index (χ1) is 8.95. The molecule has 2 aromatic rings. The van der Waals surface area contributed by atoms with E-state index in [0.29, 0.717) is 0 Å². The zero-order chi connectivity index (χ0) is 12.5. The van der Waals surface area contributed by atoms with Crippen molar-refractivity contribution in [3.8, 4) is 0 Å². The third-order valence-corrected chi connectivity index (χ3v) is 12.3. The van der Waals surface area contributed by atoms with Crippen molar-refractivity contribution in [1.29, 1.82) is 0 Å². The lowest BCUT2D eigenvalue weighted by atomic mass is 10.4. The van der Waals surface area contributed by atoms with Crippen molar-refractivity contribution in [3.05, 3.63) is 60.7 Å². The maximum Gasteiger partial charge on any atom is 0.0191 e. The molecule has 0 aliphatic heterocycles. The molecule has 0 saturated carbocycles. The van der Waals surface area contributed by atoms with Crippen molar-refractivity contribution < 1.29 is 0 Å². The van der Waals surface area contributed by atoms with E-state index in [1.54, 1.807) is 60.9 Å². The molecule has 0 atom stereocenters. The van der Waals surface area contributed by atoms with Crippen LogP contribution in [0.15, 0.2) is 70.5 Å². The van der Waals surface area contributed by atoms with Gasteiger partial charge < -0.3 is 0 Å². The molecule has 0 N–H and O–H groups in total. The van der Waals surface area contributed by atoms with Crippen LogP contribution in [0.4, 0.5) is 0 Å². The summed E-state index contributed by atoms with van der Waals surface area (Å²) in [5.74, 6) is 0. The van der Waals surface area contributed by atoms with Gasteiger partial charge in [-0.2, -0.15) is 0 Å². The van der Waals surface area contributed by atoms with E-state index < -0.39 is 0 Å². The topological polar surface area (TPSA) is 0 Å². The van der Waals surface area contributed by atoms with Gasteiger partial charge in [0.2, 0.25) is 0 Å². The summed E-state index contributed by atoms with van der Waals surface area (Å²) in [4.78, 5) is 2.60. The Morgan fingerprint density at radius 2 is 0.833 bits per heavy atom. The third-order valence-electron chi connectivity index (χ3n) is 1.83. The van der Waals surface area contributed by atoms with Gasteiger partial charge in [-0.05, 0) is 85.2 Å². The first-order valence-electron chi connectivity index (χ1n) is 5.06. The SMILES string of the molecule is c1ccc(SSSSSSc2ccccc2)cc1. The van der Waals surface area contributed by atoms with E-state index in [4.69, 9.17) is 0 Å². The first kappa shape index (κ1) is 14.9. The predicted octanol–water partition coefficient (Wildman–Crippen LogP) is 7.08. The van der Waals surface area contributed by atoms with E-state index in [-0.39, 0.29) is 0 Å². The second-order valence-electron chi connectivity index (χ2n) is 3.06. The van der Waals surface area contributed by atoms with Crippen LogP contribution in [0, 0.1) is 0 Å². The minimum Gasteiger partial charge on any atom is -0.0622 e. The normalized spacial score (nSPS) is 10.4. The molecule has 2 rings (SSSR count). The number of hydrogen-bond donors (Lipinski definition) is 0. The summed E-state index contributed by atoms with van der Waals surface area (Å²) in [6.07, 6.45) is 0. The zero-order valence-corrected chi connectivity index (χ0v) is 14.1. The van der Waals surface area contributed by atoms with Gasteiger partial charge in [-0.3, -0.25) is 0 Å². The summed E-state index contributed by atoms with van der Waals surface area (Å²) in [6.45, 7) is 0. The summed E-state index contributed by atoms with van der Waals surface area (Å²) in [7, 11) is 10.8. The van der Waals surface area contributed by atoms with Crippen LogP contribution in [-0.2, 0) is 0 Å². The highest BCUT2D eigenvalue weighted by atomic mass is 33.9. The van der Waals surface area contributed by atoms with E-state index in [1.807, 2.05) is 12.1 Å². The second-order valence-corrected chi connectivity index (χ2v) is 12.4. The fourth-order valence-corrected chi connectivity index (χ4v) is 12.0. The third kappa shape index (κ3) is 6.12. The molecule has 94 valence electrons. The van der Waals surface area contributed by atoms with Crippen molar-refractivity contribution in [2.45, 2.75) is 9.79 Å². The quantitative estimate of drug-likeness (QED) is 0.385. The largest absolute Gasteiger partial charge is 0.0622 e. The lowest BCUT2D eigenvalue weighted by Crippen LogP contribution is -1.62. The first-order valence-corrected chi connectivity index (χ1v) is 12.5. The molecule has 0 aliphatic rings. The summed E-state index contributed by atoms with van der Waals surface area (Å²) in [6, 6.07) is 20.9. The summed E-state index contributed by atoms with van der Waals surface area (Å²) in [5, 5.41) is 0. The molecule has 0 fully saturated rings. The molecule has 0 radical (unpaired) electrons. The highest BCUT2D eigenvalue weighted by molar-refractivity contribution is 9.41. The molecule has 0 heterocycles. The molecule has 0 bridgehead atoms. The van der Waals surface area contributed by atoms with Crippen molar-refractivity contribution in [1.82, 2.24) is 0 Å². The van der Waals surface area contributed by atoms with Crippen molar-refractivity contribution in [2.75, 3.05) is 0 Å². The Labute approximate surface area is 130 Å². The van der Waals surface area contributed by atoms with E-state index in [2.05, 4.69) is 48.5 Å². The molecule has 0 spiro atoms. The Hall–Kier alpha value is 0.540. The summed E-state index contributed by atoms with van der Waals surface area (Å²) in [5.41, 5.74) is 0. The predicted molar refractivity (Wildman–Crippen MR) is 95.0 cm³/mol. The van der Waals surface area contributed by atoms with Crippen LogP contribution in [0.25, 0.3) is 0 Å². The number of hydrogen-bond acceptors (Lipinski definition) is 6. The maximum absolute atomic E-state index is 2.13. The highest BCUT2D eigenvalue weighted by Crippen LogP contribution is 2.55. The van der Waals surface area contributed by atoms with Gasteiger partial charge in [0, 0.05) is 9.79 Å². The summed E-state index contributed by atoms with van der Waals surface area (Å²) < 4.78 is 0. The molecular formula is C12H10S6. The fourth-order valence-electron chi connectivity index (χ4n) is 1.08.